The van der Waals surface area contributed by atoms with E-state index in [1.54, 1.807) is 11.8 Å². The van der Waals surface area contributed by atoms with E-state index in [0.29, 0.717) is 0 Å². The van der Waals surface area contributed by atoms with Crippen molar-refractivity contribution in [2.45, 2.75) is 57.6 Å². The Labute approximate surface area is 173 Å². The quantitative estimate of drug-likeness (QED) is 0.276. The lowest BCUT2D eigenvalue weighted by Crippen LogP contribution is -2.25. The van der Waals surface area contributed by atoms with Gasteiger partial charge >= 0.3 is 0 Å². The third-order valence-electron chi connectivity index (χ3n) is 3.77. The fourth-order valence-corrected chi connectivity index (χ4v) is 5.31. The molecule has 0 aliphatic rings. The van der Waals surface area contributed by atoms with Crippen LogP contribution in [0.4, 0.5) is 5.69 Å². The van der Waals surface area contributed by atoms with Crippen molar-refractivity contribution in [1.29, 1.82) is 0 Å². The first-order chi connectivity index (χ1) is 12.6. The number of aliphatic imine (C=N–C) groups is 1. The average molecular weight is 398 g/mol. The minimum absolute atomic E-state index is 0.110. The molecule has 0 N–H and O–H groups in total. The lowest BCUT2D eigenvalue weighted by molar-refractivity contribution is 0.340. The van der Waals surface area contributed by atoms with Crippen molar-refractivity contribution in [3.63, 3.8) is 0 Å². The number of para-hydroxylation sites is 1. The Kier molecular flexibility index (Phi) is 7.81. The molecular weight excluding hydrogens is 366 g/mol. The Morgan fingerprint density at radius 1 is 0.889 bits per heavy atom. The van der Waals surface area contributed by atoms with Gasteiger partial charge in [0.1, 0.15) is 5.04 Å². The first kappa shape index (κ1) is 21.8. The summed E-state index contributed by atoms with van der Waals surface area (Å²) in [6, 6.07) is 20.7. The molecule has 0 bridgehead atoms. The molecule has 0 amide bonds. The van der Waals surface area contributed by atoms with E-state index in [-0.39, 0.29) is 10.2 Å². The van der Waals surface area contributed by atoms with Crippen LogP contribution in [0.3, 0.4) is 0 Å². The Hall–Kier alpha value is -1.45. The molecule has 0 aliphatic carbocycles. The van der Waals surface area contributed by atoms with Crippen LogP contribution in [-0.2, 0) is 0 Å². The first-order valence-corrected chi connectivity index (χ1v) is 11.1. The van der Waals surface area contributed by atoms with Crippen molar-refractivity contribution in [1.82, 2.24) is 0 Å². The molecule has 3 heteroatoms. The highest BCUT2D eigenvalue weighted by Crippen LogP contribution is 2.39. The molecule has 2 aromatic carbocycles. The molecule has 0 radical (unpaired) electrons. The summed E-state index contributed by atoms with van der Waals surface area (Å²) < 4.78 is 0.110. The molecule has 0 aromatic heterocycles. The van der Waals surface area contributed by atoms with Crippen LogP contribution < -0.4 is 0 Å². The van der Waals surface area contributed by atoms with Crippen LogP contribution in [0.1, 0.15) is 48.0 Å². The van der Waals surface area contributed by atoms with Gasteiger partial charge in [-0.2, -0.15) is 0 Å². The summed E-state index contributed by atoms with van der Waals surface area (Å²) in [6.07, 6.45) is 1.12. The summed E-state index contributed by atoms with van der Waals surface area (Å²) in [5, 5.41) is 3.32. The van der Waals surface area contributed by atoms with Crippen molar-refractivity contribution in [2.24, 2.45) is 10.4 Å². The molecule has 0 fully saturated rings. The normalized spacial score (nSPS) is 13.7. The Morgan fingerprint density at radius 2 is 1.44 bits per heavy atom. The molecule has 0 unspecified atom stereocenters. The van der Waals surface area contributed by atoms with Gasteiger partial charge in [-0.25, -0.2) is 4.99 Å². The van der Waals surface area contributed by atoms with E-state index < -0.39 is 0 Å². The van der Waals surface area contributed by atoms with Gasteiger partial charge in [0.15, 0.2) is 0 Å². The van der Waals surface area contributed by atoms with Gasteiger partial charge in [0, 0.05) is 9.64 Å². The summed E-state index contributed by atoms with van der Waals surface area (Å²) >= 11 is 3.63. The molecule has 0 atom stereocenters. The van der Waals surface area contributed by atoms with E-state index >= 15 is 0 Å². The molecule has 0 aliphatic heterocycles. The summed E-state index contributed by atoms with van der Waals surface area (Å²) in [5.41, 5.74) is 2.49. The maximum absolute atomic E-state index is 4.98. The predicted octanol–water partition coefficient (Wildman–Crippen LogP) is 8.36. The molecule has 0 saturated heterocycles. The van der Waals surface area contributed by atoms with Gasteiger partial charge in [-0.15, -0.1) is 0 Å². The van der Waals surface area contributed by atoms with Crippen LogP contribution in [0.5, 0.6) is 0 Å². The van der Waals surface area contributed by atoms with Crippen LogP contribution in [0.2, 0.25) is 0 Å². The van der Waals surface area contributed by atoms with Crippen LogP contribution in [0.25, 0.3) is 0 Å². The van der Waals surface area contributed by atoms with E-state index in [4.69, 9.17) is 4.99 Å². The molecule has 27 heavy (non-hydrogen) atoms. The summed E-state index contributed by atoms with van der Waals surface area (Å²) in [5.74, 6) is 0. The summed E-state index contributed by atoms with van der Waals surface area (Å²) in [6.45, 7) is 13.7. The smallest absolute Gasteiger partial charge is 0.101 e. The standard InChI is InChI=1S/C24H31NS2/c1-19(17-26-21-15-11-8-12-16-21)22(25-20-13-9-7-10-14-20)27-24(5,6)18-23(2,3)4/h7-17H,18H2,1-6H3. The first-order valence-electron chi connectivity index (χ1n) is 9.36. The van der Waals surface area contributed by atoms with Crippen molar-refractivity contribution >= 4 is 34.3 Å². The van der Waals surface area contributed by atoms with Gasteiger partial charge in [0.05, 0.1) is 5.69 Å². The third-order valence-corrected chi connectivity index (χ3v) is 6.09. The molecule has 2 rings (SSSR count). The average Bonchev–Trinajstić information content (AvgIpc) is 2.58. The highest BCUT2D eigenvalue weighted by Gasteiger charge is 2.28. The second kappa shape index (κ2) is 9.66. The second-order valence-corrected chi connectivity index (χ2v) is 11.2. The van der Waals surface area contributed by atoms with Gasteiger partial charge in [-0.1, -0.05) is 94.5 Å². The maximum Gasteiger partial charge on any atom is 0.101 e. The Bertz CT molecular complexity index is 769. The van der Waals surface area contributed by atoms with Gasteiger partial charge in [-0.05, 0) is 54.0 Å². The monoisotopic (exact) mass is 397 g/mol. The molecule has 0 spiro atoms. The fraction of sp³-hybridized carbons (Fsp3) is 0.375. The zero-order chi connectivity index (χ0) is 19.9. The molecular formula is C24H31NS2. The fourth-order valence-electron chi connectivity index (χ4n) is 3.09. The largest absolute Gasteiger partial charge is 0.242 e. The van der Waals surface area contributed by atoms with E-state index in [9.17, 15) is 0 Å². The molecule has 0 saturated carbocycles. The van der Waals surface area contributed by atoms with Gasteiger partial charge in [0.2, 0.25) is 0 Å². The third kappa shape index (κ3) is 8.40. The van der Waals surface area contributed by atoms with Gasteiger partial charge < -0.3 is 0 Å². The zero-order valence-electron chi connectivity index (χ0n) is 17.3. The van der Waals surface area contributed by atoms with E-state index in [2.05, 4.69) is 83.3 Å². The minimum Gasteiger partial charge on any atom is -0.242 e. The summed E-state index contributed by atoms with van der Waals surface area (Å²) in [4.78, 5) is 6.23. The maximum atomic E-state index is 4.98. The van der Waals surface area contributed by atoms with Gasteiger partial charge in [-0.3, -0.25) is 0 Å². The number of benzene rings is 2. The molecule has 1 nitrogen and oxygen atoms in total. The topological polar surface area (TPSA) is 12.4 Å². The van der Waals surface area contributed by atoms with Gasteiger partial charge in [0.25, 0.3) is 0 Å². The van der Waals surface area contributed by atoms with Crippen LogP contribution in [0.15, 0.2) is 81.5 Å². The Balaban J connectivity index is 2.28. The lowest BCUT2D eigenvalue weighted by Gasteiger charge is -2.32. The van der Waals surface area contributed by atoms with E-state index in [1.165, 1.54) is 10.5 Å². The number of nitrogens with zero attached hydrogens (tertiary/aromatic N) is 1. The SMILES string of the molecule is CC(=CSc1ccccc1)C(=Nc1ccccc1)SC(C)(C)CC(C)(C)C. The molecule has 2 aromatic rings. The minimum atomic E-state index is 0.110. The predicted molar refractivity (Wildman–Crippen MR) is 125 cm³/mol. The lowest BCUT2D eigenvalue weighted by atomic mass is 9.86. The number of rotatable bonds is 6. The number of thioether (sulfide) groups is 2. The number of hydrogen-bond donors (Lipinski definition) is 0. The highest BCUT2D eigenvalue weighted by molar-refractivity contribution is 8.15. The van der Waals surface area contributed by atoms with Crippen LogP contribution in [-0.4, -0.2) is 9.79 Å². The Morgan fingerprint density at radius 3 is 2.00 bits per heavy atom. The van der Waals surface area contributed by atoms with Crippen molar-refractivity contribution in [3.05, 3.63) is 71.6 Å². The molecule has 0 heterocycles. The van der Waals surface area contributed by atoms with Crippen molar-refractivity contribution in [2.75, 3.05) is 0 Å². The molecule has 144 valence electrons. The van der Waals surface area contributed by atoms with Crippen LogP contribution in [0, 0.1) is 5.41 Å². The highest BCUT2D eigenvalue weighted by atomic mass is 32.2. The second-order valence-electron chi connectivity index (χ2n) is 8.58. The van der Waals surface area contributed by atoms with E-state index in [0.717, 1.165) is 17.2 Å². The van der Waals surface area contributed by atoms with Crippen LogP contribution >= 0.6 is 23.5 Å². The number of hydrogen-bond acceptors (Lipinski definition) is 3. The van der Waals surface area contributed by atoms with E-state index in [1.807, 2.05) is 36.0 Å². The van der Waals surface area contributed by atoms with Crippen molar-refractivity contribution < 1.29 is 0 Å². The zero-order valence-corrected chi connectivity index (χ0v) is 19.0. The summed E-state index contributed by atoms with van der Waals surface area (Å²) in [7, 11) is 0. The van der Waals surface area contributed by atoms with Crippen molar-refractivity contribution in [3.8, 4) is 0 Å².